The van der Waals surface area contributed by atoms with Crippen LogP contribution in [-0.2, 0) is 5.41 Å². The first-order chi connectivity index (χ1) is 7.39. The predicted octanol–water partition coefficient (Wildman–Crippen LogP) is 2.79. The van der Waals surface area contributed by atoms with Crippen molar-refractivity contribution in [3.8, 4) is 0 Å². The zero-order valence-corrected chi connectivity index (χ0v) is 10.00. The van der Waals surface area contributed by atoms with Gasteiger partial charge in [0.15, 0.2) is 0 Å². The van der Waals surface area contributed by atoms with Crippen molar-refractivity contribution in [3.05, 3.63) is 40.0 Å². The molecule has 0 radical (unpaired) electrons. The Bertz CT molecular complexity index is 591. The molecule has 2 rings (SSSR count). The minimum Gasteiger partial charge on any atom is -0.408 e. The first-order valence-corrected chi connectivity index (χ1v) is 5.30. The molecule has 0 aliphatic carbocycles. The second-order valence-electron chi connectivity index (χ2n) is 5.03. The summed E-state index contributed by atoms with van der Waals surface area (Å²) in [6, 6.07) is 5.82. The van der Waals surface area contributed by atoms with Gasteiger partial charge in [-0.1, -0.05) is 32.9 Å². The SMILES string of the molecule is Cc1cccc2c(C(C)(C)C)nc(=O)oc12. The Balaban J connectivity index is 2.95. The van der Waals surface area contributed by atoms with E-state index in [0.717, 1.165) is 16.6 Å². The molecule has 0 saturated heterocycles. The fourth-order valence-corrected chi connectivity index (χ4v) is 1.81. The van der Waals surface area contributed by atoms with Crippen molar-refractivity contribution in [2.24, 2.45) is 0 Å². The molecule has 0 fully saturated rings. The van der Waals surface area contributed by atoms with E-state index in [-0.39, 0.29) is 5.41 Å². The minimum absolute atomic E-state index is 0.165. The number of benzene rings is 1. The molecule has 3 nitrogen and oxygen atoms in total. The van der Waals surface area contributed by atoms with E-state index in [1.807, 2.05) is 45.9 Å². The number of aromatic nitrogens is 1. The summed E-state index contributed by atoms with van der Waals surface area (Å²) in [7, 11) is 0. The number of aryl methyl sites for hydroxylation is 1. The number of rotatable bonds is 0. The third-order valence-electron chi connectivity index (χ3n) is 2.57. The van der Waals surface area contributed by atoms with E-state index >= 15 is 0 Å². The van der Waals surface area contributed by atoms with Crippen LogP contribution in [0, 0.1) is 6.92 Å². The van der Waals surface area contributed by atoms with Gasteiger partial charge in [-0.25, -0.2) is 4.79 Å². The maximum Gasteiger partial charge on any atom is 0.439 e. The van der Waals surface area contributed by atoms with Crippen molar-refractivity contribution in [2.75, 3.05) is 0 Å². The second-order valence-corrected chi connectivity index (χ2v) is 5.03. The molecule has 0 spiro atoms. The Kier molecular flexibility index (Phi) is 2.34. The standard InChI is InChI=1S/C13H15NO2/c1-8-6-5-7-9-10(8)16-12(15)14-11(9)13(2,3)4/h5-7H,1-4H3. The Morgan fingerprint density at radius 1 is 1.25 bits per heavy atom. The van der Waals surface area contributed by atoms with Crippen LogP contribution < -0.4 is 5.76 Å². The van der Waals surface area contributed by atoms with Gasteiger partial charge in [0.05, 0.1) is 5.69 Å². The van der Waals surface area contributed by atoms with Gasteiger partial charge in [0.1, 0.15) is 5.58 Å². The molecule has 1 heterocycles. The van der Waals surface area contributed by atoms with Gasteiger partial charge in [0.25, 0.3) is 0 Å². The molecular formula is C13H15NO2. The number of hydrogen-bond donors (Lipinski definition) is 0. The zero-order valence-electron chi connectivity index (χ0n) is 10.00. The van der Waals surface area contributed by atoms with E-state index < -0.39 is 5.76 Å². The molecule has 0 unspecified atom stereocenters. The summed E-state index contributed by atoms with van der Waals surface area (Å²) >= 11 is 0. The summed E-state index contributed by atoms with van der Waals surface area (Å²) < 4.78 is 5.16. The van der Waals surface area contributed by atoms with Crippen LogP contribution in [-0.4, -0.2) is 4.98 Å². The van der Waals surface area contributed by atoms with Crippen LogP contribution in [0.2, 0.25) is 0 Å². The summed E-state index contributed by atoms with van der Waals surface area (Å²) in [5.74, 6) is -0.522. The van der Waals surface area contributed by atoms with Crippen LogP contribution in [0.4, 0.5) is 0 Å². The smallest absolute Gasteiger partial charge is 0.408 e. The summed E-state index contributed by atoms with van der Waals surface area (Å²) in [6.07, 6.45) is 0. The van der Waals surface area contributed by atoms with Crippen molar-refractivity contribution in [3.63, 3.8) is 0 Å². The Morgan fingerprint density at radius 3 is 2.56 bits per heavy atom. The number of hydrogen-bond acceptors (Lipinski definition) is 3. The van der Waals surface area contributed by atoms with E-state index in [9.17, 15) is 4.79 Å². The van der Waals surface area contributed by atoms with Gasteiger partial charge >= 0.3 is 5.76 Å². The molecule has 0 aliphatic heterocycles. The predicted molar refractivity (Wildman–Crippen MR) is 63.7 cm³/mol. The quantitative estimate of drug-likeness (QED) is 0.681. The highest BCUT2D eigenvalue weighted by Gasteiger charge is 2.20. The summed E-state index contributed by atoms with van der Waals surface area (Å²) in [5.41, 5.74) is 2.24. The molecule has 0 bridgehead atoms. The molecule has 0 saturated carbocycles. The molecule has 3 heteroatoms. The minimum atomic E-state index is -0.522. The molecular weight excluding hydrogens is 202 g/mol. The number of para-hydroxylation sites is 1. The molecule has 2 aromatic rings. The van der Waals surface area contributed by atoms with E-state index in [1.54, 1.807) is 0 Å². The third-order valence-corrected chi connectivity index (χ3v) is 2.57. The van der Waals surface area contributed by atoms with Crippen LogP contribution >= 0.6 is 0 Å². The molecule has 1 aromatic carbocycles. The average molecular weight is 217 g/mol. The highest BCUT2D eigenvalue weighted by molar-refractivity contribution is 5.82. The van der Waals surface area contributed by atoms with Crippen molar-refractivity contribution in [1.82, 2.24) is 4.98 Å². The molecule has 0 aliphatic rings. The molecule has 0 atom stereocenters. The van der Waals surface area contributed by atoms with Gasteiger partial charge in [-0.2, -0.15) is 4.98 Å². The summed E-state index contributed by atoms with van der Waals surface area (Å²) in [5, 5.41) is 0.923. The van der Waals surface area contributed by atoms with Gasteiger partial charge in [-0.3, -0.25) is 0 Å². The molecule has 0 amide bonds. The summed E-state index contributed by atoms with van der Waals surface area (Å²) in [6.45, 7) is 8.04. The Labute approximate surface area is 94.1 Å². The van der Waals surface area contributed by atoms with Crippen LogP contribution in [0.1, 0.15) is 32.0 Å². The van der Waals surface area contributed by atoms with E-state index in [2.05, 4.69) is 4.98 Å². The zero-order chi connectivity index (χ0) is 11.9. The van der Waals surface area contributed by atoms with Crippen LogP contribution in [0.25, 0.3) is 11.0 Å². The lowest BCUT2D eigenvalue weighted by atomic mass is 9.89. The third kappa shape index (κ3) is 1.73. The fraction of sp³-hybridized carbons (Fsp3) is 0.385. The molecule has 1 aromatic heterocycles. The lowest BCUT2D eigenvalue weighted by molar-refractivity contribution is 0.497. The van der Waals surface area contributed by atoms with Gasteiger partial charge < -0.3 is 4.42 Å². The Hall–Kier alpha value is -1.64. The monoisotopic (exact) mass is 217 g/mol. The van der Waals surface area contributed by atoms with Crippen molar-refractivity contribution < 1.29 is 4.42 Å². The lowest BCUT2D eigenvalue weighted by Crippen LogP contribution is -2.19. The van der Waals surface area contributed by atoms with Crippen molar-refractivity contribution >= 4 is 11.0 Å². The average Bonchev–Trinajstić information content (AvgIpc) is 2.17. The van der Waals surface area contributed by atoms with Gasteiger partial charge in [-0.05, 0) is 18.6 Å². The van der Waals surface area contributed by atoms with Crippen LogP contribution in [0.5, 0.6) is 0 Å². The maximum atomic E-state index is 11.4. The highest BCUT2D eigenvalue weighted by atomic mass is 16.4. The maximum absolute atomic E-state index is 11.4. The summed E-state index contributed by atoms with van der Waals surface area (Å²) in [4.78, 5) is 15.4. The van der Waals surface area contributed by atoms with Crippen molar-refractivity contribution in [2.45, 2.75) is 33.1 Å². The lowest BCUT2D eigenvalue weighted by Gasteiger charge is -2.18. The van der Waals surface area contributed by atoms with Crippen molar-refractivity contribution in [1.29, 1.82) is 0 Å². The highest BCUT2D eigenvalue weighted by Crippen LogP contribution is 2.27. The van der Waals surface area contributed by atoms with Gasteiger partial charge in [0, 0.05) is 10.8 Å². The van der Waals surface area contributed by atoms with E-state index in [1.165, 1.54) is 0 Å². The largest absolute Gasteiger partial charge is 0.439 e. The van der Waals surface area contributed by atoms with Crippen LogP contribution in [0.3, 0.4) is 0 Å². The van der Waals surface area contributed by atoms with Gasteiger partial charge in [0.2, 0.25) is 0 Å². The number of fused-ring (bicyclic) bond motifs is 1. The van der Waals surface area contributed by atoms with E-state index in [4.69, 9.17) is 4.42 Å². The topological polar surface area (TPSA) is 43.1 Å². The molecule has 0 N–H and O–H groups in total. The molecule has 84 valence electrons. The fourth-order valence-electron chi connectivity index (χ4n) is 1.81. The first-order valence-electron chi connectivity index (χ1n) is 5.30. The number of nitrogens with zero attached hydrogens (tertiary/aromatic N) is 1. The Morgan fingerprint density at radius 2 is 1.94 bits per heavy atom. The second kappa shape index (κ2) is 3.44. The van der Waals surface area contributed by atoms with E-state index in [0.29, 0.717) is 5.58 Å². The van der Waals surface area contributed by atoms with Crippen LogP contribution in [0.15, 0.2) is 27.4 Å². The van der Waals surface area contributed by atoms with Gasteiger partial charge in [-0.15, -0.1) is 0 Å². The first kappa shape index (κ1) is 10.9. The molecule has 16 heavy (non-hydrogen) atoms. The normalized spacial score (nSPS) is 12.0.